The lowest BCUT2D eigenvalue weighted by Crippen LogP contribution is -2.54. The van der Waals surface area contributed by atoms with Crippen molar-refractivity contribution in [2.75, 3.05) is 47.9 Å². The van der Waals surface area contributed by atoms with Gasteiger partial charge in [-0.2, -0.15) is 0 Å². The predicted molar refractivity (Wildman–Crippen MR) is 264 cm³/mol. The van der Waals surface area contributed by atoms with Crippen LogP contribution in [0, 0.1) is 35.0 Å². The largest absolute Gasteiger partial charge is 0.478 e. The fraction of sp³-hybridized carbons (Fsp3) is 0.673. The number of hydrogen-bond acceptors (Lipinski definition) is 9. The van der Waals surface area contributed by atoms with Gasteiger partial charge in [0.25, 0.3) is 0 Å². The van der Waals surface area contributed by atoms with E-state index in [1.165, 1.54) is 0 Å². The van der Waals surface area contributed by atoms with Crippen LogP contribution in [-0.2, 0) is 40.0 Å². The Morgan fingerprint density at radius 2 is 1.44 bits per heavy atom. The number of carbonyl (C=O) groups is 6. The number of piperidine rings is 1. The van der Waals surface area contributed by atoms with Crippen LogP contribution in [-0.4, -0.2) is 138 Å². The van der Waals surface area contributed by atoms with Crippen molar-refractivity contribution < 1.29 is 43.3 Å². The monoisotopic (exact) mass is 943 g/mol. The standard InChI is InChI=1S/C55H82N4O9/c1-12-37(6)50(57(9)52(63)42(35(2)3)30-45(60)49(36(4)5)56(8)34-39-23-25-41(26-24-39)53(64)65)47(67-10)31-48(62)59-29-19-22-44(59)51(68-11)38(7)46(61)33-55(54(66)58-27-17-14-18-28-58)32-43(55)40-20-15-13-16-21-40/h13,15-16,20-21,23-26,35-38,42-44,47,49-51H,12,14,17-19,22,27-34H2,1-11H3,(H,64,65)/t37-,38-,42-,43+,44-,47+,49-,50-,51+,55-/m0/s1. The van der Waals surface area contributed by atoms with Crippen molar-refractivity contribution in [3.05, 3.63) is 71.3 Å². The van der Waals surface area contributed by atoms with Gasteiger partial charge in [-0.1, -0.05) is 97.4 Å². The second-order valence-corrected chi connectivity index (χ2v) is 21.0. The molecule has 0 radical (unpaired) electrons. The van der Waals surface area contributed by atoms with Crippen LogP contribution < -0.4 is 0 Å². The molecule has 0 spiro atoms. The molecule has 3 aliphatic rings. The number of Topliss-reactive ketones (excluding diaryl/α,β-unsaturated/α-hetero) is 2. The first-order chi connectivity index (χ1) is 32.3. The van der Waals surface area contributed by atoms with Crippen LogP contribution in [0.15, 0.2) is 54.6 Å². The van der Waals surface area contributed by atoms with Crippen LogP contribution in [0.25, 0.3) is 0 Å². The predicted octanol–water partition coefficient (Wildman–Crippen LogP) is 8.14. The minimum atomic E-state index is -0.998. The van der Waals surface area contributed by atoms with Crippen molar-refractivity contribution in [3.63, 3.8) is 0 Å². The van der Waals surface area contributed by atoms with E-state index in [9.17, 15) is 33.9 Å². The summed E-state index contributed by atoms with van der Waals surface area (Å²) in [5, 5.41) is 9.34. The van der Waals surface area contributed by atoms with Gasteiger partial charge in [0.1, 0.15) is 5.78 Å². The zero-order valence-electron chi connectivity index (χ0n) is 42.9. The number of likely N-dealkylation sites (N-methyl/N-ethyl adjacent to an activating group) is 2. The number of methoxy groups -OCH3 is 2. The van der Waals surface area contributed by atoms with Crippen molar-refractivity contribution in [1.82, 2.24) is 19.6 Å². The highest BCUT2D eigenvalue weighted by atomic mass is 16.5. The molecule has 0 unspecified atom stereocenters. The minimum absolute atomic E-state index is 0.0174. The number of ether oxygens (including phenoxy) is 2. The van der Waals surface area contributed by atoms with E-state index in [-0.39, 0.29) is 83.8 Å². The van der Waals surface area contributed by atoms with Crippen molar-refractivity contribution in [1.29, 1.82) is 0 Å². The molecule has 1 saturated carbocycles. The van der Waals surface area contributed by atoms with E-state index in [4.69, 9.17) is 9.47 Å². The Labute approximate surface area is 406 Å². The molecule has 2 heterocycles. The summed E-state index contributed by atoms with van der Waals surface area (Å²) in [6.45, 7) is 16.3. The van der Waals surface area contributed by atoms with E-state index in [0.29, 0.717) is 25.9 Å². The molecule has 0 aromatic heterocycles. The SMILES string of the molecule is CC[C@H](C)[C@@H]([C@@H](CC(=O)N1CCC[C@H]1[C@H](OC)[C@@H](C)C(=O)C[C@@]1(C(=O)N2CCCCC2)C[C@@H]1c1ccccc1)OC)N(C)C(=O)[C@@H](CC(=O)[C@H](C(C)C)N(C)Cc1ccc(C(=O)O)cc1)C(C)C. The highest BCUT2D eigenvalue weighted by Crippen LogP contribution is 2.63. The number of ketones is 2. The summed E-state index contributed by atoms with van der Waals surface area (Å²) in [6, 6.07) is 15.4. The summed E-state index contributed by atoms with van der Waals surface area (Å²) in [6.07, 6.45) is 4.82. The number of amides is 3. The molecule has 13 heteroatoms. The van der Waals surface area contributed by atoms with E-state index < -0.39 is 47.5 Å². The molecule has 2 aromatic rings. The van der Waals surface area contributed by atoms with Crippen LogP contribution in [0.3, 0.4) is 0 Å². The molecule has 376 valence electrons. The summed E-state index contributed by atoms with van der Waals surface area (Å²) < 4.78 is 12.3. The highest BCUT2D eigenvalue weighted by molar-refractivity contribution is 5.95. The molecule has 2 aromatic carbocycles. The van der Waals surface area contributed by atoms with Crippen molar-refractivity contribution in [2.24, 2.45) is 35.0 Å². The summed E-state index contributed by atoms with van der Waals surface area (Å²) in [5.74, 6) is -2.73. The Balaban J connectivity index is 1.29. The molecule has 0 bridgehead atoms. The maximum Gasteiger partial charge on any atom is 0.335 e. The number of nitrogens with zero attached hydrogens (tertiary/aromatic N) is 4. The van der Waals surface area contributed by atoms with Crippen LogP contribution in [0.5, 0.6) is 0 Å². The number of rotatable bonds is 25. The lowest BCUT2D eigenvalue weighted by molar-refractivity contribution is -0.149. The Hall–Kier alpha value is -4.46. The van der Waals surface area contributed by atoms with Gasteiger partial charge >= 0.3 is 5.97 Å². The molecular weight excluding hydrogens is 861 g/mol. The molecule has 3 fully saturated rings. The maximum absolute atomic E-state index is 14.7. The Morgan fingerprint density at radius 3 is 2.00 bits per heavy atom. The van der Waals surface area contributed by atoms with E-state index >= 15 is 0 Å². The van der Waals surface area contributed by atoms with Crippen LogP contribution in [0.2, 0.25) is 0 Å². The average molecular weight is 943 g/mol. The Morgan fingerprint density at radius 1 is 0.794 bits per heavy atom. The van der Waals surface area contributed by atoms with Crippen LogP contribution in [0.4, 0.5) is 0 Å². The molecule has 1 aliphatic carbocycles. The molecule has 13 nitrogen and oxygen atoms in total. The van der Waals surface area contributed by atoms with E-state index in [0.717, 1.165) is 56.3 Å². The van der Waals surface area contributed by atoms with Gasteiger partial charge in [-0.3, -0.25) is 28.9 Å². The van der Waals surface area contributed by atoms with Gasteiger partial charge in [-0.05, 0) is 92.5 Å². The van der Waals surface area contributed by atoms with Crippen molar-refractivity contribution in [2.45, 2.75) is 155 Å². The zero-order valence-corrected chi connectivity index (χ0v) is 42.9. The third-order valence-electron chi connectivity index (χ3n) is 15.8. The maximum atomic E-state index is 14.7. The Kier molecular flexibility index (Phi) is 19.5. The third-order valence-corrected chi connectivity index (χ3v) is 15.8. The van der Waals surface area contributed by atoms with Crippen molar-refractivity contribution >= 4 is 35.3 Å². The normalized spacial score (nSPS) is 22.6. The molecule has 68 heavy (non-hydrogen) atoms. The van der Waals surface area contributed by atoms with E-state index in [1.54, 1.807) is 50.4 Å². The first-order valence-electron chi connectivity index (χ1n) is 25.4. The highest BCUT2D eigenvalue weighted by Gasteiger charge is 2.62. The summed E-state index contributed by atoms with van der Waals surface area (Å²) in [4.78, 5) is 91.3. The number of carboxylic acid groups (broad SMARTS) is 1. The molecule has 2 aliphatic heterocycles. The van der Waals surface area contributed by atoms with Gasteiger partial charge in [0.05, 0.1) is 47.7 Å². The average Bonchev–Trinajstić information content (AvgIpc) is 3.85. The molecule has 5 rings (SSSR count). The van der Waals surface area contributed by atoms with Gasteiger partial charge < -0.3 is 29.3 Å². The molecule has 2 saturated heterocycles. The number of hydrogen-bond donors (Lipinski definition) is 1. The number of carboxylic acids is 1. The first kappa shape index (κ1) is 54.5. The second kappa shape index (κ2) is 24.4. The quantitative estimate of drug-likeness (QED) is 0.103. The van der Waals surface area contributed by atoms with Gasteiger partial charge in [-0.15, -0.1) is 0 Å². The zero-order chi connectivity index (χ0) is 50.0. The van der Waals surface area contributed by atoms with E-state index in [1.807, 2.05) is 74.6 Å². The van der Waals surface area contributed by atoms with Gasteiger partial charge in [-0.25, -0.2) is 4.79 Å². The van der Waals surface area contributed by atoms with Crippen molar-refractivity contribution in [3.8, 4) is 0 Å². The third kappa shape index (κ3) is 12.6. The molecular formula is C55H82N4O9. The number of likely N-dealkylation sites (tertiary alicyclic amines) is 2. The second-order valence-electron chi connectivity index (χ2n) is 21.0. The van der Waals surface area contributed by atoms with Gasteiger partial charge in [0.2, 0.25) is 17.7 Å². The smallest absolute Gasteiger partial charge is 0.335 e. The summed E-state index contributed by atoms with van der Waals surface area (Å²) in [5.41, 5.74) is 1.38. The van der Waals surface area contributed by atoms with Gasteiger partial charge in [0.15, 0.2) is 5.78 Å². The number of benzene rings is 2. The summed E-state index contributed by atoms with van der Waals surface area (Å²) in [7, 11) is 6.83. The molecule has 10 atom stereocenters. The fourth-order valence-electron chi connectivity index (χ4n) is 11.6. The minimum Gasteiger partial charge on any atom is -0.478 e. The van der Waals surface area contributed by atoms with Gasteiger partial charge in [0, 0.05) is 72.1 Å². The fourth-order valence-corrected chi connectivity index (χ4v) is 11.6. The topological polar surface area (TPSA) is 154 Å². The van der Waals surface area contributed by atoms with E-state index in [2.05, 4.69) is 26.0 Å². The lowest BCUT2D eigenvalue weighted by atomic mass is 9.83. The van der Waals surface area contributed by atoms with Crippen LogP contribution >= 0.6 is 0 Å². The molecule has 3 amide bonds. The van der Waals surface area contributed by atoms with Crippen LogP contribution in [0.1, 0.15) is 140 Å². The summed E-state index contributed by atoms with van der Waals surface area (Å²) >= 11 is 0. The number of aromatic carboxylic acids is 1. The first-order valence-corrected chi connectivity index (χ1v) is 25.4. The number of carbonyl (C=O) groups excluding carboxylic acids is 5. The lowest BCUT2D eigenvalue weighted by Gasteiger charge is -2.41. The Bertz CT molecular complexity index is 2020. The molecule has 1 N–H and O–H groups in total.